The van der Waals surface area contributed by atoms with Gasteiger partial charge in [-0.2, -0.15) is 0 Å². The second kappa shape index (κ2) is 11.3. The SMILES string of the molecule is CCSc1ccccc1C(=O)N(CCCN1CCOCC1)c1nc2ccc(CC)cc2s1. The van der Waals surface area contributed by atoms with Crippen LogP contribution in [-0.4, -0.2) is 60.9 Å². The molecular formula is C25H31N3O2S2. The van der Waals surface area contributed by atoms with E-state index >= 15 is 0 Å². The van der Waals surface area contributed by atoms with Crippen LogP contribution in [0.15, 0.2) is 47.4 Å². The molecule has 1 fully saturated rings. The van der Waals surface area contributed by atoms with Crippen molar-refractivity contribution in [1.29, 1.82) is 0 Å². The van der Waals surface area contributed by atoms with E-state index in [0.717, 1.165) is 77.2 Å². The van der Waals surface area contributed by atoms with Crippen LogP contribution in [0.1, 0.15) is 36.2 Å². The number of aryl methyl sites for hydroxylation is 1. The summed E-state index contributed by atoms with van der Waals surface area (Å²) >= 11 is 3.33. The lowest BCUT2D eigenvalue weighted by molar-refractivity contribution is 0.0376. The van der Waals surface area contributed by atoms with Gasteiger partial charge in [-0.05, 0) is 48.4 Å². The van der Waals surface area contributed by atoms with E-state index in [1.54, 1.807) is 23.1 Å². The number of rotatable bonds is 9. The molecule has 1 aliphatic heterocycles. The Morgan fingerprint density at radius 2 is 2.00 bits per heavy atom. The number of ether oxygens (including phenoxy) is 1. The van der Waals surface area contributed by atoms with Gasteiger partial charge in [-0.3, -0.25) is 14.6 Å². The van der Waals surface area contributed by atoms with Crippen LogP contribution < -0.4 is 4.90 Å². The zero-order valence-corrected chi connectivity index (χ0v) is 20.5. The summed E-state index contributed by atoms with van der Waals surface area (Å²) in [7, 11) is 0. The molecular weight excluding hydrogens is 438 g/mol. The minimum atomic E-state index is 0.0401. The number of thiazole rings is 1. The highest BCUT2D eigenvalue weighted by Crippen LogP contribution is 2.32. The number of fused-ring (bicyclic) bond motifs is 1. The Morgan fingerprint density at radius 3 is 2.78 bits per heavy atom. The average molecular weight is 470 g/mol. The number of thioether (sulfide) groups is 1. The third-order valence-corrected chi connectivity index (χ3v) is 7.70. The summed E-state index contributed by atoms with van der Waals surface area (Å²) in [6.45, 7) is 9.41. The number of hydrogen-bond donors (Lipinski definition) is 0. The molecule has 0 N–H and O–H groups in total. The van der Waals surface area contributed by atoms with Crippen molar-refractivity contribution in [3.05, 3.63) is 53.6 Å². The number of carbonyl (C=O) groups is 1. The summed E-state index contributed by atoms with van der Waals surface area (Å²) < 4.78 is 6.60. The van der Waals surface area contributed by atoms with Gasteiger partial charge in [0.1, 0.15) is 0 Å². The number of aromatic nitrogens is 1. The lowest BCUT2D eigenvalue weighted by atomic mass is 10.2. The average Bonchev–Trinajstić information content (AvgIpc) is 3.25. The van der Waals surface area contributed by atoms with Crippen LogP contribution in [0.2, 0.25) is 0 Å². The summed E-state index contributed by atoms with van der Waals surface area (Å²) in [6, 6.07) is 14.3. The molecule has 0 aliphatic carbocycles. The highest BCUT2D eigenvalue weighted by Gasteiger charge is 2.24. The van der Waals surface area contributed by atoms with Gasteiger partial charge in [0.05, 0.1) is 29.0 Å². The van der Waals surface area contributed by atoms with E-state index in [-0.39, 0.29) is 5.91 Å². The predicted octanol–water partition coefficient (Wildman–Crippen LogP) is 5.34. The van der Waals surface area contributed by atoms with E-state index in [4.69, 9.17) is 9.72 Å². The molecule has 32 heavy (non-hydrogen) atoms. The quantitative estimate of drug-likeness (QED) is 0.396. The lowest BCUT2D eigenvalue weighted by Crippen LogP contribution is -2.39. The van der Waals surface area contributed by atoms with E-state index in [9.17, 15) is 4.79 Å². The molecule has 0 atom stereocenters. The summed E-state index contributed by atoms with van der Waals surface area (Å²) in [4.78, 5) is 24.0. The van der Waals surface area contributed by atoms with Crippen molar-refractivity contribution < 1.29 is 9.53 Å². The molecule has 1 aliphatic rings. The zero-order valence-electron chi connectivity index (χ0n) is 18.9. The third kappa shape index (κ3) is 5.52. The fraction of sp³-hybridized carbons (Fsp3) is 0.440. The molecule has 1 aromatic heterocycles. The van der Waals surface area contributed by atoms with Gasteiger partial charge in [0.25, 0.3) is 5.91 Å². The molecule has 3 aromatic rings. The van der Waals surface area contributed by atoms with Gasteiger partial charge in [0.15, 0.2) is 5.13 Å². The number of carbonyl (C=O) groups excluding carboxylic acids is 1. The molecule has 5 nitrogen and oxygen atoms in total. The van der Waals surface area contributed by atoms with Gasteiger partial charge in [0, 0.05) is 31.1 Å². The van der Waals surface area contributed by atoms with E-state index in [1.807, 2.05) is 29.2 Å². The van der Waals surface area contributed by atoms with Crippen LogP contribution in [0.25, 0.3) is 10.2 Å². The Bertz CT molecular complexity index is 1050. The largest absolute Gasteiger partial charge is 0.379 e. The summed E-state index contributed by atoms with van der Waals surface area (Å²) in [5, 5.41) is 0.788. The number of nitrogens with zero attached hydrogens (tertiary/aromatic N) is 3. The molecule has 7 heteroatoms. The molecule has 2 aromatic carbocycles. The molecule has 170 valence electrons. The first kappa shape index (κ1) is 23.2. The van der Waals surface area contributed by atoms with Crippen molar-refractivity contribution in [2.24, 2.45) is 0 Å². The topological polar surface area (TPSA) is 45.7 Å². The van der Waals surface area contributed by atoms with Gasteiger partial charge < -0.3 is 4.74 Å². The van der Waals surface area contributed by atoms with E-state index < -0.39 is 0 Å². The van der Waals surface area contributed by atoms with E-state index in [2.05, 4.69) is 36.9 Å². The molecule has 1 saturated heterocycles. The summed E-state index contributed by atoms with van der Waals surface area (Å²) in [6.07, 6.45) is 1.90. The lowest BCUT2D eigenvalue weighted by Gasteiger charge is -2.28. The molecule has 0 unspecified atom stereocenters. The maximum absolute atomic E-state index is 13.8. The van der Waals surface area contributed by atoms with Gasteiger partial charge in [-0.1, -0.05) is 43.4 Å². The van der Waals surface area contributed by atoms with Gasteiger partial charge >= 0.3 is 0 Å². The maximum Gasteiger partial charge on any atom is 0.261 e. The highest BCUT2D eigenvalue weighted by atomic mass is 32.2. The Hall–Kier alpha value is -1.93. The van der Waals surface area contributed by atoms with Crippen molar-refractivity contribution in [3.63, 3.8) is 0 Å². The van der Waals surface area contributed by atoms with Crippen molar-refractivity contribution in [1.82, 2.24) is 9.88 Å². The summed E-state index contributed by atoms with van der Waals surface area (Å²) in [5.41, 5.74) is 3.02. The van der Waals surface area contributed by atoms with Gasteiger partial charge in [0.2, 0.25) is 0 Å². The fourth-order valence-electron chi connectivity index (χ4n) is 3.92. The minimum Gasteiger partial charge on any atom is -0.379 e. The first-order valence-corrected chi connectivity index (χ1v) is 13.2. The Balaban J connectivity index is 1.61. The van der Waals surface area contributed by atoms with Crippen molar-refractivity contribution in [2.45, 2.75) is 31.6 Å². The van der Waals surface area contributed by atoms with E-state index in [1.165, 1.54) is 5.56 Å². The summed E-state index contributed by atoms with van der Waals surface area (Å²) in [5.74, 6) is 0.973. The third-order valence-electron chi connectivity index (χ3n) is 5.70. The standard InChI is InChI=1S/C25H31N3O2S2/c1-3-19-10-11-21-23(18-19)32-25(26-21)28(13-7-12-27-14-16-30-17-15-27)24(29)20-8-5-6-9-22(20)31-4-2/h5-6,8-11,18H,3-4,7,12-17H2,1-2H3. The Kier molecular flexibility index (Phi) is 8.19. The molecule has 4 rings (SSSR count). The van der Waals surface area contributed by atoms with Crippen molar-refractivity contribution in [3.8, 4) is 0 Å². The van der Waals surface area contributed by atoms with Crippen LogP contribution in [0.4, 0.5) is 5.13 Å². The predicted molar refractivity (Wildman–Crippen MR) is 135 cm³/mol. The van der Waals surface area contributed by atoms with Gasteiger partial charge in [-0.15, -0.1) is 11.8 Å². The fourth-order valence-corrected chi connectivity index (χ4v) is 5.77. The Labute approximate surface area is 198 Å². The molecule has 0 bridgehead atoms. The van der Waals surface area contributed by atoms with Crippen molar-refractivity contribution >= 4 is 44.4 Å². The van der Waals surface area contributed by atoms with Crippen LogP contribution in [0, 0.1) is 0 Å². The molecule has 0 radical (unpaired) electrons. The van der Waals surface area contributed by atoms with Gasteiger partial charge in [-0.25, -0.2) is 4.98 Å². The number of morpholine rings is 1. The van der Waals surface area contributed by atoms with Crippen LogP contribution in [0.3, 0.4) is 0 Å². The maximum atomic E-state index is 13.8. The van der Waals surface area contributed by atoms with Crippen LogP contribution >= 0.6 is 23.1 Å². The number of hydrogen-bond acceptors (Lipinski definition) is 6. The number of anilines is 1. The molecule has 0 spiro atoms. The first-order valence-electron chi connectivity index (χ1n) is 11.4. The normalized spacial score (nSPS) is 14.7. The van der Waals surface area contributed by atoms with Crippen LogP contribution in [0.5, 0.6) is 0 Å². The first-order chi connectivity index (χ1) is 15.7. The van der Waals surface area contributed by atoms with Crippen LogP contribution in [-0.2, 0) is 11.2 Å². The van der Waals surface area contributed by atoms with E-state index in [0.29, 0.717) is 6.54 Å². The monoisotopic (exact) mass is 469 g/mol. The second-order valence-corrected chi connectivity index (χ2v) is 10.2. The smallest absolute Gasteiger partial charge is 0.261 e. The zero-order chi connectivity index (χ0) is 22.3. The highest BCUT2D eigenvalue weighted by molar-refractivity contribution is 7.99. The Morgan fingerprint density at radius 1 is 1.19 bits per heavy atom. The second-order valence-electron chi connectivity index (χ2n) is 7.85. The van der Waals surface area contributed by atoms with Crippen molar-refractivity contribution in [2.75, 3.05) is 50.0 Å². The minimum absolute atomic E-state index is 0.0401. The molecule has 2 heterocycles. The number of benzene rings is 2. The molecule has 0 saturated carbocycles. The number of amides is 1. The molecule has 1 amide bonds.